The number of nitrogens with zero attached hydrogens (tertiary/aromatic N) is 3. The van der Waals surface area contributed by atoms with Crippen LogP contribution in [0.25, 0.3) is 0 Å². The van der Waals surface area contributed by atoms with E-state index in [1.807, 2.05) is 55.8 Å². The van der Waals surface area contributed by atoms with Gasteiger partial charge in [0.15, 0.2) is 5.96 Å². The number of ether oxygens (including phenoxy) is 2. The maximum absolute atomic E-state index is 5.81. The van der Waals surface area contributed by atoms with Crippen molar-refractivity contribution < 1.29 is 9.47 Å². The second-order valence-electron chi connectivity index (χ2n) is 6.69. The summed E-state index contributed by atoms with van der Waals surface area (Å²) in [7, 11) is 3.87. The van der Waals surface area contributed by atoms with Gasteiger partial charge in [-0.15, -0.1) is 35.3 Å². The summed E-state index contributed by atoms with van der Waals surface area (Å²) in [6.45, 7) is 5.71. The molecule has 8 heteroatoms. The number of hydrogen-bond acceptors (Lipinski definition) is 5. The number of guanidine groups is 1. The van der Waals surface area contributed by atoms with E-state index in [0.717, 1.165) is 51.1 Å². The number of benzene rings is 1. The Labute approximate surface area is 194 Å². The van der Waals surface area contributed by atoms with Crippen LogP contribution in [0.4, 0.5) is 0 Å². The van der Waals surface area contributed by atoms with E-state index in [0.29, 0.717) is 12.6 Å². The van der Waals surface area contributed by atoms with E-state index >= 15 is 0 Å². The van der Waals surface area contributed by atoms with Crippen LogP contribution in [0.15, 0.2) is 52.8 Å². The molecular formula is C21H31IN4O2S. The number of hydrogen-bond donors (Lipinski definition) is 1. The van der Waals surface area contributed by atoms with E-state index < -0.39 is 0 Å². The van der Waals surface area contributed by atoms with Crippen molar-refractivity contribution in [3.63, 3.8) is 0 Å². The zero-order chi connectivity index (χ0) is 19.6. The van der Waals surface area contributed by atoms with E-state index in [2.05, 4.69) is 37.6 Å². The van der Waals surface area contributed by atoms with E-state index in [-0.39, 0.29) is 24.0 Å². The fourth-order valence-corrected chi connectivity index (χ4v) is 4.14. The van der Waals surface area contributed by atoms with Crippen molar-refractivity contribution in [2.75, 3.05) is 60.1 Å². The first-order valence-electron chi connectivity index (χ1n) is 9.73. The van der Waals surface area contributed by atoms with Gasteiger partial charge in [0.1, 0.15) is 12.4 Å². The highest BCUT2D eigenvalue weighted by molar-refractivity contribution is 14.0. The van der Waals surface area contributed by atoms with Crippen LogP contribution in [0.1, 0.15) is 10.9 Å². The number of rotatable bonds is 8. The van der Waals surface area contributed by atoms with Crippen LogP contribution in [0.5, 0.6) is 5.75 Å². The second kappa shape index (κ2) is 13.0. The van der Waals surface area contributed by atoms with E-state index in [1.54, 1.807) is 0 Å². The van der Waals surface area contributed by atoms with Gasteiger partial charge in [-0.1, -0.05) is 24.3 Å². The zero-order valence-corrected chi connectivity index (χ0v) is 20.3. The number of likely N-dealkylation sites (N-methyl/N-ethyl adjacent to an activating group) is 1. The number of halogens is 1. The number of thiophene rings is 1. The summed E-state index contributed by atoms with van der Waals surface area (Å²) in [6, 6.07) is 14.6. The molecule has 0 radical (unpaired) electrons. The van der Waals surface area contributed by atoms with Crippen molar-refractivity contribution in [1.82, 2.24) is 15.1 Å². The molecule has 160 valence electrons. The fraction of sp³-hybridized carbons (Fsp3) is 0.476. The molecular weight excluding hydrogens is 499 g/mol. The van der Waals surface area contributed by atoms with Crippen molar-refractivity contribution in [2.24, 2.45) is 4.99 Å². The first-order chi connectivity index (χ1) is 13.8. The molecule has 2 heterocycles. The molecule has 3 rings (SSSR count). The highest BCUT2D eigenvalue weighted by Gasteiger charge is 2.24. The molecule has 0 amide bonds. The minimum Gasteiger partial charge on any atom is -0.492 e. The Hall–Kier alpha value is -1.36. The van der Waals surface area contributed by atoms with Crippen LogP contribution < -0.4 is 10.1 Å². The summed E-state index contributed by atoms with van der Waals surface area (Å²) in [5, 5.41) is 5.69. The van der Waals surface area contributed by atoms with Crippen LogP contribution in [-0.2, 0) is 4.74 Å². The minimum atomic E-state index is 0. The molecule has 0 aliphatic carbocycles. The maximum Gasteiger partial charge on any atom is 0.193 e. The predicted octanol–water partition coefficient (Wildman–Crippen LogP) is 3.33. The van der Waals surface area contributed by atoms with E-state index in [1.165, 1.54) is 4.88 Å². The summed E-state index contributed by atoms with van der Waals surface area (Å²) in [5.74, 6) is 1.77. The van der Waals surface area contributed by atoms with Gasteiger partial charge in [0.05, 0.1) is 25.8 Å². The van der Waals surface area contributed by atoms with Crippen LogP contribution in [-0.4, -0.2) is 75.9 Å². The number of aliphatic imine (C=N–C) groups is 1. The Morgan fingerprint density at radius 1 is 1.24 bits per heavy atom. The number of para-hydroxylation sites is 1. The lowest BCUT2D eigenvalue weighted by Gasteiger charge is -2.35. The quantitative estimate of drug-likeness (QED) is 0.323. The lowest BCUT2D eigenvalue weighted by atomic mass is 10.2. The summed E-state index contributed by atoms with van der Waals surface area (Å²) in [5.41, 5.74) is 0. The molecule has 1 atom stereocenters. The van der Waals surface area contributed by atoms with Gasteiger partial charge in [0.2, 0.25) is 0 Å². The zero-order valence-electron chi connectivity index (χ0n) is 17.1. The van der Waals surface area contributed by atoms with Crippen LogP contribution in [0.3, 0.4) is 0 Å². The van der Waals surface area contributed by atoms with Crippen molar-refractivity contribution in [2.45, 2.75) is 6.04 Å². The Bertz CT molecular complexity index is 709. The van der Waals surface area contributed by atoms with Crippen molar-refractivity contribution in [1.29, 1.82) is 0 Å². The number of morpholine rings is 1. The van der Waals surface area contributed by atoms with Crippen LogP contribution in [0.2, 0.25) is 0 Å². The molecule has 1 N–H and O–H groups in total. The van der Waals surface area contributed by atoms with Crippen LogP contribution >= 0.6 is 35.3 Å². The largest absolute Gasteiger partial charge is 0.492 e. The molecule has 0 bridgehead atoms. The molecule has 1 aromatic carbocycles. The molecule has 1 aliphatic heterocycles. The summed E-state index contributed by atoms with van der Waals surface area (Å²) >= 11 is 1.81. The minimum absolute atomic E-state index is 0. The molecule has 2 aromatic rings. The van der Waals surface area contributed by atoms with Crippen molar-refractivity contribution >= 4 is 41.3 Å². The van der Waals surface area contributed by atoms with E-state index in [4.69, 9.17) is 9.47 Å². The predicted molar refractivity (Wildman–Crippen MR) is 131 cm³/mol. The molecule has 1 aromatic heterocycles. The van der Waals surface area contributed by atoms with Crippen LogP contribution in [0, 0.1) is 0 Å². The van der Waals surface area contributed by atoms with Gasteiger partial charge in [0, 0.05) is 38.6 Å². The highest BCUT2D eigenvalue weighted by Crippen LogP contribution is 2.25. The highest BCUT2D eigenvalue weighted by atomic mass is 127. The van der Waals surface area contributed by atoms with Gasteiger partial charge in [-0.3, -0.25) is 9.89 Å². The molecule has 0 spiro atoms. The molecule has 29 heavy (non-hydrogen) atoms. The summed E-state index contributed by atoms with van der Waals surface area (Å²) in [4.78, 5) is 10.4. The fourth-order valence-electron chi connectivity index (χ4n) is 3.28. The Morgan fingerprint density at radius 3 is 2.66 bits per heavy atom. The molecule has 1 fully saturated rings. The van der Waals surface area contributed by atoms with Gasteiger partial charge in [-0.25, -0.2) is 0 Å². The average Bonchev–Trinajstić information content (AvgIpc) is 3.27. The van der Waals surface area contributed by atoms with Gasteiger partial charge in [-0.2, -0.15) is 0 Å². The molecule has 6 nitrogen and oxygen atoms in total. The normalized spacial score (nSPS) is 16.0. The van der Waals surface area contributed by atoms with Gasteiger partial charge in [-0.05, 0) is 23.6 Å². The lowest BCUT2D eigenvalue weighted by molar-refractivity contribution is 0.0176. The number of nitrogens with one attached hydrogen (secondary N) is 1. The first-order valence-corrected chi connectivity index (χ1v) is 10.6. The Balaban J connectivity index is 0.00000300. The Kier molecular flexibility index (Phi) is 10.8. The van der Waals surface area contributed by atoms with Crippen molar-refractivity contribution in [3.8, 4) is 5.75 Å². The second-order valence-corrected chi connectivity index (χ2v) is 7.67. The summed E-state index contributed by atoms with van der Waals surface area (Å²) in [6.07, 6.45) is 0. The lowest BCUT2D eigenvalue weighted by Crippen LogP contribution is -2.47. The third kappa shape index (κ3) is 7.44. The average molecular weight is 530 g/mol. The molecule has 1 aliphatic rings. The van der Waals surface area contributed by atoms with Gasteiger partial charge >= 0.3 is 0 Å². The summed E-state index contributed by atoms with van der Waals surface area (Å²) < 4.78 is 11.3. The van der Waals surface area contributed by atoms with Crippen molar-refractivity contribution in [3.05, 3.63) is 52.7 Å². The first kappa shape index (κ1) is 23.9. The van der Waals surface area contributed by atoms with E-state index in [9.17, 15) is 0 Å². The maximum atomic E-state index is 5.81. The molecule has 0 saturated carbocycles. The van der Waals surface area contributed by atoms with Gasteiger partial charge in [0.25, 0.3) is 0 Å². The topological polar surface area (TPSA) is 49.3 Å². The smallest absolute Gasteiger partial charge is 0.193 e. The third-order valence-corrected chi connectivity index (χ3v) is 5.80. The standard InChI is InChI=1S/C21H30N4O2S.HI/c1-22-21(24(2)10-15-27-18-7-4-3-5-8-18)23-17-19(20-9-6-16-28-20)25-11-13-26-14-12-25;/h3-9,16,19H,10-15,17H2,1-2H3,(H,22,23);1H. The molecule has 1 saturated heterocycles. The SMILES string of the molecule is CN=C(NCC(c1cccs1)N1CCOCC1)N(C)CCOc1ccccc1.I. The third-order valence-electron chi connectivity index (χ3n) is 4.82. The molecule has 1 unspecified atom stereocenters. The Morgan fingerprint density at radius 2 is 2.00 bits per heavy atom. The monoisotopic (exact) mass is 530 g/mol. The van der Waals surface area contributed by atoms with Gasteiger partial charge < -0.3 is 19.7 Å².